The number of amides is 1. The molecule has 0 saturated carbocycles. The summed E-state index contributed by atoms with van der Waals surface area (Å²) in [5.41, 5.74) is -0.352. The zero-order chi connectivity index (χ0) is 28.9. The van der Waals surface area contributed by atoms with Gasteiger partial charge >= 0.3 is 19.5 Å². The fourth-order valence-corrected chi connectivity index (χ4v) is 6.53. The number of aromatic nitrogens is 2. The molecule has 218 valence electrons. The maximum Gasteiger partial charge on any atom is 0.530 e. The summed E-state index contributed by atoms with van der Waals surface area (Å²) in [6.07, 6.45) is -1.75. The third-order valence-corrected chi connectivity index (χ3v) is 8.64. The maximum atomic E-state index is 13.2. The lowest BCUT2D eigenvalue weighted by Crippen LogP contribution is -2.34. The second kappa shape index (κ2) is 13.7. The third kappa shape index (κ3) is 7.78. The maximum absolute atomic E-state index is 13.2. The van der Waals surface area contributed by atoms with Crippen LogP contribution in [0.3, 0.4) is 0 Å². The van der Waals surface area contributed by atoms with Crippen LogP contribution >= 0.6 is 44.4 Å². The van der Waals surface area contributed by atoms with Gasteiger partial charge in [0.2, 0.25) is 5.91 Å². The Morgan fingerprint density at radius 3 is 2.88 bits per heavy atom. The van der Waals surface area contributed by atoms with Gasteiger partial charge in [-0.05, 0) is 39.9 Å². The molecular formula is C23H26BrClN3O10PS. The highest BCUT2D eigenvalue weighted by Crippen LogP contribution is 2.55. The summed E-state index contributed by atoms with van der Waals surface area (Å²) in [4.78, 5) is 51.3. The van der Waals surface area contributed by atoms with E-state index in [1.54, 1.807) is 25.1 Å². The van der Waals surface area contributed by atoms with Crippen LogP contribution in [0.15, 0.2) is 34.0 Å². The first-order valence-corrected chi connectivity index (χ1v) is 16.8. The number of benzene rings is 1. The van der Waals surface area contributed by atoms with E-state index in [1.165, 1.54) is 21.0 Å². The molecule has 1 fully saturated rings. The van der Waals surface area contributed by atoms with Gasteiger partial charge in [0.25, 0.3) is 5.56 Å². The van der Waals surface area contributed by atoms with Crippen molar-refractivity contribution in [2.75, 3.05) is 13.2 Å². The van der Waals surface area contributed by atoms with Crippen molar-refractivity contribution in [3.63, 3.8) is 0 Å². The number of phosphoric ester groups is 1. The minimum atomic E-state index is -4.07. The molecule has 4 rings (SSSR count). The number of hydrogen-bond acceptors (Lipinski definition) is 11. The largest absolute Gasteiger partial charge is 0.530 e. The summed E-state index contributed by atoms with van der Waals surface area (Å²) in [7, 11) is -2.86. The van der Waals surface area contributed by atoms with Crippen LogP contribution in [-0.4, -0.2) is 46.8 Å². The summed E-state index contributed by atoms with van der Waals surface area (Å²) >= 11 is 9.17. The van der Waals surface area contributed by atoms with Crippen molar-refractivity contribution in [3.8, 4) is 5.75 Å². The van der Waals surface area contributed by atoms with E-state index >= 15 is 0 Å². The van der Waals surface area contributed by atoms with Crippen molar-refractivity contribution >= 4 is 56.3 Å². The van der Waals surface area contributed by atoms with Gasteiger partial charge in [0.05, 0.1) is 19.6 Å². The highest BCUT2D eigenvalue weighted by Gasteiger charge is 2.43. The van der Waals surface area contributed by atoms with Crippen molar-refractivity contribution in [2.24, 2.45) is 0 Å². The van der Waals surface area contributed by atoms with Crippen LogP contribution in [0.25, 0.3) is 0 Å². The molecular weight excluding hydrogens is 657 g/mol. The minimum absolute atomic E-state index is 0.0150. The van der Waals surface area contributed by atoms with E-state index in [-0.39, 0.29) is 49.9 Å². The number of nitrogens with zero attached hydrogens (tertiary/aromatic N) is 1. The smallest absolute Gasteiger partial charge is 0.459 e. The molecule has 13 nitrogen and oxygen atoms in total. The second-order valence-electron chi connectivity index (χ2n) is 8.78. The molecule has 2 aliphatic heterocycles. The van der Waals surface area contributed by atoms with Gasteiger partial charge < -0.3 is 19.3 Å². The number of halogens is 2. The Balaban J connectivity index is 1.49. The molecule has 0 radical (unpaired) electrons. The molecule has 1 amide bonds. The molecule has 1 aromatic carbocycles. The van der Waals surface area contributed by atoms with Crippen molar-refractivity contribution in [2.45, 2.75) is 57.0 Å². The van der Waals surface area contributed by atoms with Crippen LogP contribution in [0.1, 0.15) is 43.5 Å². The molecule has 2 N–H and O–H groups in total. The van der Waals surface area contributed by atoms with Gasteiger partial charge in [-0.1, -0.05) is 21.8 Å². The lowest BCUT2D eigenvalue weighted by atomic mass is 10.2. The first-order valence-electron chi connectivity index (χ1n) is 12.2. The number of esters is 1. The van der Waals surface area contributed by atoms with E-state index < -0.39 is 43.5 Å². The molecule has 1 unspecified atom stereocenters. The van der Waals surface area contributed by atoms with E-state index in [9.17, 15) is 23.7 Å². The average molecular weight is 683 g/mol. The first-order chi connectivity index (χ1) is 19.1. The van der Waals surface area contributed by atoms with Crippen LogP contribution in [0.4, 0.5) is 0 Å². The fourth-order valence-electron chi connectivity index (χ4n) is 4.05. The minimum Gasteiger partial charge on any atom is -0.459 e. The zero-order valence-electron chi connectivity index (χ0n) is 21.1. The Hall–Kier alpha value is -2.13. The fraction of sp³-hybridized carbons (Fsp3) is 0.478. The molecule has 0 spiro atoms. The molecule has 2 aromatic rings. The summed E-state index contributed by atoms with van der Waals surface area (Å²) in [5, 5.41) is 3.06. The molecule has 0 bridgehead atoms. The van der Waals surface area contributed by atoms with Crippen LogP contribution in [0.2, 0.25) is 5.02 Å². The quantitative estimate of drug-likeness (QED) is 0.263. The average Bonchev–Trinajstić information content (AvgIpc) is 3.30. The van der Waals surface area contributed by atoms with Crippen molar-refractivity contribution in [1.29, 1.82) is 0 Å². The molecule has 1 saturated heterocycles. The predicted molar refractivity (Wildman–Crippen MR) is 148 cm³/mol. The van der Waals surface area contributed by atoms with Gasteiger partial charge in [-0.2, -0.15) is 0 Å². The van der Waals surface area contributed by atoms with Crippen LogP contribution in [0.5, 0.6) is 5.75 Å². The zero-order valence-corrected chi connectivity index (χ0v) is 25.2. The number of fused-ring (bicyclic) bond motifs is 1. The van der Waals surface area contributed by atoms with Gasteiger partial charge in [0, 0.05) is 47.5 Å². The van der Waals surface area contributed by atoms with E-state index in [2.05, 4.69) is 25.1 Å². The van der Waals surface area contributed by atoms with Crippen LogP contribution < -0.4 is 21.1 Å². The molecule has 40 heavy (non-hydrogen) atoms. The lowest BCUT2D eigenvalue weighted by molar-refractivity contribution is -0.154. The van der Waals surface area contributed by atoms with Crippen molar-refractivity contribution < 1.29 is 37.2 Å². The molecule has 17 heteroatoms. The summed E-state index contributed by atoms with van der Waals surface area (Å²) < 4.78 is 42.2. The monoisotopic (exact) mass is 681 g/mol. The molecule has 0 aliphatic carbocycles. The highest BCUT2D eigenvalue weighted by atomic mass is 79.9. The number of ether oxygens (including phenoxy) is 2. The Bertz CT molecular complexity index is 1420. The van der Waals surface area contributed by atoms with E-state index in [0.717, 1.165) is 0 Å². The van der Waals surface area contributed by atoms with Gasteiger partial charge in [-0.25, -0.2) is 9.36 Å². The van der Waals surface area contributed by atoms with E-state index in [0.29, 0.717) is 22.7 Å². The number of phosphoric acid groups is 1. The standard InChI is InChI=1S/C23H26BrClN3O10PS/c1-2-26-19(29)5-6-21(30)37-17-8-20(28-9-14(12-40-24)22(31)27-23(28)32)36-18(17)11-35-39(33)34-10-13-7-15(25)3-4-16(13)38-39/h3-4,7,9,17-18,20H,2,5-6,8,10-12H2,1H3,(H,26,29)(H,27,31,32)/t17-,18-,20-,39?/m1/s1. The summed E-state index contributed by atoms with van der Waals surface area (Å²) in [5.74, 6) is -0.409. The number of hydrogen-bond donors (Lipinski definition) is 2. The lowest BCUT2D eigenvalue weighted by Gasteiger charge is -2.26. The Morgan fingerprint density at radius 2 is 2.12 bits per heavy atom. The second-order valence-corrected chi connectivity index (χ2v) is 12.7. The Labute approximate surface area is 245 Å². The normalized spacial score (nSPS) is 23.7. The van der Waals surface area contributed by atoms with E-state index in [4.69, 9.17) is 34.6 Å². The number of aromatic amines is 1. The number of nitrogens with one attached hydrogen (secondary N) is 2. The first kappa shape index (κ1) is 30.8. The van der Waals surface area contributed by atoms with E-state index in [1.807, 2.05) is 0 Å². The number of carbonyl (C=O) groups is 2. The topological polar surface area (TPSA) is 164 Å². The van der Waals surface area contributed by atoms with Gasteiger partial charge in [0.15, 0.2) is 0 Å². The SMILES string of the molecule is CCNC(=O)CCC(=O)O[C@@H]1C[C@H](n2cc(CSBr)c(=O)[nH]c2=O)O[C@@H]1COP1(=O)OCc2cc(Cl)ccc2O1. The molecule has 4 atom stereocenters. The molecule has 1 aromatic heterocycles. The van der Waals surface area contributed by atoms with Gasteiger partial charge in [0.1, 0.15) is 24.2 Å². The number of rotatable bonds is 11. The van der Waals surface area contributed by atoms with Crippen LogP contribution in [0, 0.1) is 0 Å². The Kier molecular flexibility index (Phi) is 10.5. The number of H-pyrrole nitrogens is 1. The Morgan fingerprint density at radius 1 is 1.32 bits per heavy atom. The van der Waals surface area contributed by atoms with Gasteiger partial charge in [-0.3, -0.25) is 33.0 Å². The molecule has 2 aliphatic rings. The van der Waals surface area contributed by atoms with Crippen LogP contribution in [-0.2, 0) is 45.0 Å². The van der Waals surface area contributed by atoms with Crippen molar-refractivity contribution in [3.05, 3.63) is 61.4 Å². The highest BCUT2D eigenvalue weighted by molar-refractivity contribution is 9.50. The van der Waals surface area contributed by atoms with Gasteiger partial charge in [-0.15, -0.1) is 0 Å². The summed E-state index contributed by atoms with van der Waals surface area (Å²) in [6, 6.07) is 4.73. The predicted octanol–water partition coefficient (Wildman–Crippen LogP) is 3.58. The summed E-state index contributed by atoms with van der Waals surface area (Å²) in [6.45, 7) is 1.74. The van der Waals surface area contributed by atoms with Crippen molar-refractivity contribution in [1.82, 2.24) is 14.9 Å². The number of carbonyl (C=O) groups excluding carboxylic acids is 2. The third-order valence-electron chi connectivity index (χ3n) is 5.96. The molecule has 3 heterocycles.